The zero-order valence-corrected chi connectivity index (χ0v) is 10.9. The largest absolute Gasteiger partial charge is 0.463 e. The molecule has 1 aromatic carbocycles. The number of ketones is 1. The summed E-state index contributed by atoms with van der Waals surface area (Å²) in [7, 11) is 3.01. The Bertz CT molecular complexity index is 615. The van der Waals surface area contributed by atoms with Crippen molar-refractivity contribution in [2.24, 2.45) is 7.05 Å². The lowest BCUT2D eigenvalue weighted by Crippen LogP contribution is -2.15. The van der Waals surface area contributed by atoms with Crippen LogP contribution in [-0.4, -0.2) is 23.4 Å². The van der Waals surface area contributed by atoms with Crippen LogP contribution in [0.2, 0.25) is 0 Å². The quantitative estimate of drug-likeness (QED) is 0.485. The van der Waals surface area contributed by atoms with Gasteiger partial charge in [0.1, 0.15) is 0 Å². The minimum absolute atomic E-state index is 0.343. The minimum Gasteiger partial charge on any atom is -0.463 e. The van der Waals surface area contributed by atoms with Gasteiger partial charge in [0.15, 0.2) is 0 Å². The van der Waals surface area contributed by atoms with Gasteiger partial charge >= 0.3 is 5.97 Å². The summed E-state index contributed by atoms with van der Waals surface area (Å²) >= 11 is 3.33. The smallest absolute Gasteiger partial charge is 0.379 e. The van der Waals surface area contributed by atoms with E-state index in [1.807, 2.05) is 29.8 Å². The summed E-state index contributed by atoms with van der Waals surface area (Å²) in [4.78, 5) is 23.2. The first-order chi connectivity index (χ1) is 8.07. The molecule has 0 bridgehead atoms. The van der Waals surface area contributed by atoms with Crippen LogP contribution in [0.5, 0.6) is 0 Å². The standard InChI is InChI=1S/C12H10BrNO3/c1-14-8-6-4-3-5-7(8)9(11(14)13)10(15)12(16)17-2/h3-6H,1-2H3. The highest BCUT2D eigenvalue weighted by atomic mass is 79.9. The number of carbonyl (C=O) groups is 2. The molecule has 0 aliphatic heterocycles. The average molecular weight is 296 g/mol. The Labute approximate surface area is 106 Å². The molecule has 2 rings (SSSR count). The van der Waals surface area contributed by atoms with Crippen molar-refractivity contribution in [2.45, 2.75) is 0 Å². The molecule has 1 aromatic heterocycles. The Morgan fingerprint density at radius 1 is 1.29 bits per heavy atom. The van der Waals surface area contributed by atoms with Crippen molar-refractivity contribution in [3.8, 4) is 0 Å². The third-order valence-electron chi connectivity index (χ3n) is 2.63. The molecule has 0 spiro atoms. The molecule has 0 saturated heterocycles. The number of nitrogens with zero attached hydrogens (tertiary/aromatic N) is 1. The number of para-hydroxylation sites is 1. The van der Waals surface area contributed by atoms with E-state index >= 15 is 0 Å². The molecular weight excluding hydrogens is 286 g/mol. The van der Waals surface area contributed by atoms with E-state index in [0.717, 1.165) is 10.9 Å². The van der Waals surface area contributed by atoms with Crippen molar-refractivity contribution in [3.63, 3.8) is 0 Å². The molecule has 4 nitrogen and oxygen atoms in total. The van der Waals surface area contributed by atoms with Gasteiger partial charge in [-0.2, -0.15) is 0 Å². The third-order valence-corrected chi connectivity index (χ3v) is 3.56. The summed E-state index contributed by atoms with van der Waals surface area (Å²) in [5.41, 5.74) is 1.22. The lowest BCUT2D eigenvalue weighted by atomic mass is 10.1. The van der Waals surface area contributed by atoms with Crippen molar-refractivity contribution in [2.75, 3.05) is 7.11 Å². The second-order valence-corrected chi connectivity index (χ2v) is 4.31. The molecule has 2 aromatic rings. The second kappa shape index (κ2) is 4.33. The first-order valence-electron chi connectivity index (χ1n) is 4.93. The van der Waals surface area contributed by atoms with Crippen LogP contribution in [0.25, 0.3) is 10.9 Å². The average Bonchev–Trinajstić information content (AvgIpc) is 2.61. The minimum atomic E-state index is -0.859. The Morgan fingerprint density at radius 3 is 2.59 bits per heavy atom. The molecule has 0 aliphatic carbocycles. The highest BCUT2D eigenvalue weighted by Crippen LogP contribution is 2.29. The summed E-state index contributed by atoms with van der Waals surface area (Å²) in [6.45, 7) is 0. The van der Waals surface area contributed by atoms with Gasteiger partial charge in [-0.1, -0.05) is 18.2 Å². The maximum absolute atomic E-state index is 11.9. The van der Waals surface area contributed by atoms with E-state index in [2.05, 4.69) is 20.7 Å². The van der Waals surface area contributed by atoms with Gasteiger partial charge in [-0.15, -0.1) is 0 Å². The molecule has 1 heterocycles. The van der Waals surface area contributed by atoms with Crippen LogP contribution in [0, 0.1) is 0 Å². The van der Waals surface area contributed by atoms with Gasteiger partial charge in [0.2, 0.25) is 0 Å². The summed E-state index contributed by atoms with van der Waals surface area (Å²) in [6.07, 6.45) is 0. The fourth-order valence-electron chi connectivity index (χ4n) is 1.77. The number of Topliss-reactive ketones (excluding diaryl/α,β-unsaturated/α-hetero) is 1. The number of benzene rings is 1. The van der Waals surface area contributed by atoms with Gasteiger partial charge in [-0.25, -0.2) is 4.79 Å². The van der Waals surface area contributed by atoms with Crippen molar-refractivity contribution >= 4 is 38.6 Å². The third kappa shape index (κ3) is 1.76. The molecule has 0 amide bonds. The van der Waals surface area contributed by atoms with E-state index in [-0.39, 0.29) is 0 Å². The molecule has 0 fully saturated rings. The zero-order valence-electron chi connectivity index (χ0n) is 9.36. The molecule has 0 unspecified atom stereocenters. The predicted molar refractivity (Wildman–Crippen MR) is 67.0 cm³/mol. The molecule has 0 aliphatic rings. The van der Waals surface area contributed by atoms with Crippen LogP contribution in [-0.2, 0) is 16.6 Å². The summed E-state index contributed by atoms with van der Waals surface area (Å²) < 4.78 is 6.85. The normalized spacial score (nSPS) is 10.5. The van der Waals surface area contributed by atoms with Gasteiger partial charge in [0.05, 0.1) is 17.3 Å². The summed E-state index contributed by atoms with van der Waals surface area (Å²) in [5, 5.41) is 0.734. The zero-order chi connectivity index (χ0) is 12.6. The summed E-state index contributed by atoms with van der Waals surface area (Å²) in [5.74, 6) is -1.50. The van der Waals surface area contributed by atoms with Crippen LogP contribution >= 0.6 is 15.9 Å². The molecule has 0 radical (unpaired) electrons. The number of ether oxygens (including phenoxy) is 1. The van der Waals surface area contributed by atoms with Crippen molar-refractivity contribution in [1.82, 2.24) is 4.57 Å². The van der Waals surface area contributed by atoms with E-state index in [4.69, 9.17) is 0 Å². The summed E-state index contributed by atoms with van der Waals surface area (Å²) in [6, 6.07) is 7.38. The van der Waals surface area contributed by atoms with E-state index in [1.165, 1.54) is 7.11 Å². The Morgan fingerprint density at radius 2 is 1.94 bits per heavy atom. The Hall–Kier alpha value is -1.62. The molecule has 5 heteroatoms. The first-order valence-corrected chi connectivity index (χ1v) is 5.72. The number of aromatic nitrogens is 1. The second-order valence-electron chi connectivity index (χ2n) is 3.56. The van der Waals surface area contributed by atoms with Gasteiger partial charge in [0.25, 0.3) is 5.78 Å². The van der Waals surface area contributed by atoms with Gasteiger partial charge in [0, 0.05) is 18.0 Å². The predicted octanol–water partition coefficient (Wildman–Crippen LogP) is 2.30. The van der Waals surface area contributed by atoms with E-state index in [1.54, 1.807) is 6.07 Å². The van der Waals surface area contributed by atoms with Crippen molar-refractivity contribution in [1.29, 1.82) is 0 Å². The fraction of sp³-hybridized carbons (Fsp3) is 0.167. The molecule has 0 N–H and O–H groups in total. The van der Waals surface area contributed by atoms with Crippen molar-refractivity contribution < 1.29 is 14.3 Å². The first kappa shape index (κ1) is 11.9. The number of halogens is 1. The molecule has 88 valence electrons. The topological polar surface area (TPSA) is 48.3 Å². The number of methoxy groups -OCH3 is 1. The SMILES string of the molecule is COC(=O)C(=O)c1c(Br)n(C)c2ccccc12. The van der Waals surface area contributed by atoms with Crippen molar-refractivity contribution in [3.05, 3.63) is 34.4 Å². The number of aryl methyl sites for hydroxylation is 1. The number of rotatable bonds is 2. The van der Waals surface area contributed by atoms with E-state index < -0.39 is 11.8 Å². The van der Waals surface area contributed by atoms with Crippen LogP contribution in [0.3, 0.4) is 0 Å². The number of carbonyl (C=O) groups excluding carboxylic acids is 2. The van der Waals surface area contributed by atoms with Gasteiger partial charge in [-0.3, -0.25) is 4.79 Å². The number of esters is 1. The monoisotopic (exact) mass is 295 g/mol. The van der Waals surface area contributed by atoms with Gasteiger partial charge in [-0.05, 0) is 22.0 Å². The lowest BCUT2D eigenvalue weighted by molar-refractivity contribution is -0.135. The number of hydrogen-bond donors (Lipinski definition) is 0. The maximum Gasteiger partial charge on any atom is 0.379 e. The van der Waals surface area contributed by atoms with Crippen LogP contribution < -0.4 is 0 Å². The Balaban J connectivity index is 2.73. The van der Waals surface area contributed by atoms with Crippen LogP contribution in [0.4, 0.5) is 0 Å². The maximum atomic E-state index is 11.9. The molecular formula is C12H10BrNO3. The van der Waals surface area contributed by atoms with Crippen LogP contribution in [0.15, 0.2) is 28.9 Å². The highest BCUT2D eigenvalue weighted by Gasteiger charge is 2.25. The van der Waals surface area contributed by atoms with Crippen LogP contribution in [0.1, 0.15) is 10.4 Å². The van der Waals surface area contributed by atoms with E-state index in [9.17, 15) is 9.59 Å². The van der Waals surface area contributed by atoms with E-state index in [0.29, 0.717) is 10.2 Å². The highest BCUT2D eigenvalue weighted by molar-refractivity contribution is 9.10. The molecule has 0 atom stereocenters. The molecule has 0 saturated carbocycles. The molecule has 17 heavy (non-hydrogen) atoms. The fourth-order valence-corrected chi connectivity index (χ4v) is 2.36. The Kier molecular flexibility index (Phi) is 3.02. The number of fused-ring (bicyclic) bond motifs is 1. The lowest BCUT2D eigenvalue weighted by Gasteiger charge is -1.98. The van der Waals surface area contributed by atoms with Gasteiger partial charge < -0.3 is 9.30 Å². The number of hydrogen-bond acceptors (Lipinski definition) is 3.